The zero-order valence-corrected chi connectivity index (χ0v) is 8.08. The highest BCUT2D eigenvalue weighted by atomic mass is 16.3. The minimum absolute atomic E-state index is 0.268. The smallest absolute Gasteiger partial charge is 0.0585 e. The molecular weight excluding hydrogens is 152 g/mol. The Morgan fingerprint density at radius 1 is 1.50 bits per heavy atom. The van der Waals surface area contributed by atoms with Crippen molar-refractivity contribution in [2.75, 3.05) is 27.2 Å². The third kappa shape index (κ3) is 4.04. The molecule has 0 amide bonds. The predicted molar refractivity (Wildman–Crippen MR) is 50.2 cm³/mol. The van der Waals surface area contributed by atoms with E-state index in [0.29, 0.717) is 12.1 Å². The first-order chi connectivity index (χ1) is 5.72. The highest BCUT2D eigenvalue weighted by Crippen LogP contribution is 2.19. The number of hydrogen-bond acceptors (Lipinski definition) is 3. The van der Waals surface area contributed by atoms with Crippen LogP contribution in [0.25, 0.3) is 0 Å². The molecule has 1 aliphatic carbocycles. The van der Waals surface area contributed by atoms with Crippen molar-refractivity contribution in [2.24, 2.45) is 0 Å². The van der Waals surface area contributed by atoms with E-state index < -0.39 is 0 Å². The first kappa shape index (κ1) is 9.96. The predicted octanol–water partition coefficient (Wildman–Crippen LogP) is 0.0510. The molecule has 0 saturated heterocycles. The van der Waals surface area contributed by atoms with Crippen LogP contribution in [-0.4, -0.2) is 49.3 Å². The van der Waals surface area contributed by atoms with Gasteiger partial charge in [-0.1, -0.05) is 0 Å². The van der Waals surface area contributed by atoms with Crippen molar-refractivity contribution in [3.05, 3.63) is 0 Å². The number of rotatable bonds is 6. The summed E-state index contributed by atoms with van der Waals surface area (Å²) in [5.74, 6) is 0. The molecule has 12 heavy (non-hydrogen) atoms. The molecule has 1 rings (SSSR count). The fraction of sp³-hybridized carbons (Fsp3) is 1.00. The van der Waals surface area contributed by atoms with Gasteiger partial charge in [-0.15, -0.1) is 0 Å². The fourth-order valence-corrected chi connectivity index (χ4v) is 1.22. The lowest BCUT2D eigenvalue weighted by molar-refractivity contribution is 0.223. The second-order valence-corrected chi connectivity index (χ2v) is 3.91. The van der Waals surface area contributed by atoms with Crippen LogP contribution >= 0.6 is 0 Å². The Labute approximate surface area is 74.8 Å². The van der Waals surface area contributed by atoms with Gasteiger partial charge in [0.25, 0.3) is 0 Å². The van der Waals surface area contributed by atoms with E-state index in [2.05, 4.69) is 24.3 Å². The van der Waals surface area contributed by atoms with Gasteiger partial charge >= 0.3 is 0 Å². The van der Waals surface area contributed by atoms with Gasteiger partial charge in [0.15, 0.2) is 0 Å². The Morgan fingerprint density at radius 3 is 2.58 bits per heavy atom. The molecule has 3 nitrogen and oxygen atoms in total. The minimum Gasteiger partial charge on any atom is -0.395 e. The average Bonchev–Trinajstić information content (AvgIpc) is 2.81. The topological polar surface area (TPSA) is 35.5 Å². The van der Waals surface area contributed by atoms with Crippen molar-refractivity contribution in [1.29, 1.82) is 0 Å². The molecule has 0 heterocycles. The molecule has 72 valence electrons. The molecule has 0 radical (unpaired) electrons. The van der Waals surface area contributed by atoms with Crippen LogP contribution in [0, 0.1) is 0 Å². The van der Waals surface area contributed by atoms with E-state index >= 15 is 0 Å². The molecule has 2 N–H and O–H groups in total. The van der Waals surface area contributed by atoms with Gasteiger partial charge in [-0.3, -0.25) is 0 Å². The highest BCUT2D eigenvalue weighted by Gasteiger charge is 2.23. The van der Waals surface area contributed by atoms with Gasteiger partial charge < -0.3 is 15.3 Å². The van der Waals surface area contributed by atoms with Crippen molar-refractivity contribution in [2.45, 2.75) is 31.3 Å². The molecule has 0 aromatic carbocycles. The van der Waals surface area contributed by atoms with Crippen LogP contribution in [0.5, 0.6) is 0 Å². The van der Waals surface area contributed by atoms with Crippen molar-refractivity contribution >= 4 is 0 Å². The number of hydrogen-bond donors (Lipinski definition) is 2. The summed E-state index contributed by atoms with van der Waals surface area (Å²) >= 11 is 0. The van der Waals surface area contributed by atoms with E-state index in [-0.39, 0.29) is 6.61 Å². The van der Waals surface area contributed by atoms with Crippen LogP contribution in [0.4, 0.5) is 0 Å². The zero-order valence-electron chi connectivity index (χ0n) is 8.08. The Bertz CT molecular complexity index is 124. The van der Waals surface area contributed by atoms with Gasteiger partial charge in [-0.2, -0.15) is 0 Å². The van der Waals surface area contributed by atoms with E-state index in [1.165, 1.54) is 12.8 Å². The highest BCUT2D eigenvalue weighted by molar-refractivity contribution is 4.84. The Balaban J connectivity index is 2.06. The van der Waals surface area contributed by atoms with Crippen molar-refractivity contribution < 1.29 is 5.11 Å². The standard InChI is InChI=1S/C9H20N2O/c1-11(2)6-5-9(7-12)10-8-3-4-8/h8-10,12H,3-7H2,1-2H3. The van der Waals surface area contributed by atoms with Crippen molar-refractivity contribution in [3.8, 4) is 0 Å². The monoisotopic (exact) mass is 172 g/mol. The Hall–Kier alpha value is -0.120. The third-order valence-corrected chi connectivity index (χ3v) is 2.19. The SMILES string of the molecule is CN(C)CCC(CO)NC1CC1. The normalized spacial score (nSPS) is 20.0. The zero-order chi connectivity index (χ0) is 8.97. The molecule has 3 heteroatoms. The van der Waals surface area contributed by atoms with Gasteiger partial charge in [0.05, 0.1) is 6.61 Å². The van der Waals surface area contributed by atoms with Crippen LogP contribution < -0.4 is 5.32 Å². The van der Waals surface area contributed by atoms with Crippen LogP contribution in [-0.2, 0) is 0 Å². The fourth-order valence-electron chi connectivity index (χ4n) is 1.22. The third-order valence-electron chi connectivity index (χ3n) is 2.19. The number of nitrogens with zero attached hydrogens (tertiary/aromatic N) is 1. The van der Waals surface area contributed by atoms with E-state index in [1.807, 2.05) is 0 Å². The average molecular weight is 172 g/mol. The number of aliphatic hydroxyl groups excluding tert-OH is 1. The van der Waals surface area contributed by atoms with Crippen LogP contribution in [0.2, 0.25) is 0 Å². The summed E-state index contributed by atoms with van der Waals surface area (Å²) in [6.45, 7) is 1.31. The first-order valence-electron chi connectivity index (χ1n) is 4.74. The van der Waals surface area contributed by atoms with Crippen molar-refractivity contribution in [3.63, 3.8) is 0 Å². The first-order valence-corrected chi connectivity index (χ1v) is 4.74. The number of aliphatic hydroxyl groups is 1. The van der Waals surface area contributed by atoms with E-state index in [0.717, 1.165) is 13.0 Å². The summed E-state index contributed by atoms with van der Waals surface area (Å²) in [4.78, 5) is 2.15. The molecule has 0 spiro atoms. The van der Waals surface area contributed by atoms with Crippen LogP contribution in [0.15, 0.2) is 0 Å². The van der Waals surface area contributed by atoms with Crippen LogP contribution in [0.3, 0.4) is 0 Å². The molecule has 0 aliphatic heterocycles. The lowest BCUT2D eigenvalue weighted by Crippen LogP contribution is -2.36. The maximum Gasteiger partial charge on any atom is 0.0585 e. The molecule has 1 atom stereocenters. The lowest BCUT2D eigenvalue weighted by atomic mass is 10.2. The number of nitrogens with one attached hydrogen (secondary N) is 1. The summed E-state index contributed by atoms with van der Waals surface area (Å²) in [5, 5.41) is 12.5. The van der Waals surface area contributed by atoms with E-state index in [1.54, 1.807) is 0 Å². The van der Waals surface area contributed by atoms with E-state index in [9.17, 15) is 0 Å². The maximum absolute atomic E-state index is 9.03. The quantitative estimate of drug-likeness (QED) is 0.594. The molecular formula is C9H20N2O. The Kier molecular flexibility index (Phi) is 3.98. The summed E-state index contributed by atoms with van der Waals surface area (Å²) < 4.78 is 0. The molecule has 1 unspecified atom stereocenters. The molecule has 1 saturated carbocycles. The van der Waals surface area contributed by atoms with E-state index in [4.69, 9.17) is 5.11 Å². The molecule has 0 aromatic heterocycles. The van der Waals surface area contributed by atoms with Crippen molar-refractivity contribution in [1.82, 2.24) is 10.2 Å². The molecule has 0 bridgehead atoms. The van der Waals surface area contributed by atoms with Gasteiger partial charge in [-0.05, 0) is 39.9 Å². The Morgan fingerprint density at radius 2 is 2.17 bits per heavy atom. The van der Waals surface area contributed by atoms with Gasteiger partial charge in [0.2, 0.25) is 0 Å². The van der Waals surface area contributed by atoms with Gasteiger partial charge in [0.1, 0.15) is 0 Å². The summed E-state index contributed by atoms with van der Waals surface area (Å²) in [6.07, 6.45) is 3.62. The minimum atomic E-state index is 0.268. The van der Waals surface area contributed by atoms with Gasteiger partial charge in [-0.25, -0.2) is 0 Å². The van der Waals surface area contributed by atoms with Crippen LogP contribution in [0.1, 0.15) is 19.3 Å². The molecule has 1 fully saturated rings. The lowest BCUT2D eigenvalue weighted by Gasteiger charge is -2.18. The summed E-state index contributed by atoms with van der Waals surface area (Å²) in [5.41, 5.74) is 0. The second kappa shape index (κ2) is 4.80. The molecule has 1 aliphatic rings. The maximum atomic E-state index is 9.03. The second-order valence-electron chi connectivity index (χ2n) is 3.91. The summed E-state index contributed by atoms with van der Waals surface area (Å²) in [6, 6.07) is 1.00. The van der Waals surface area contributed by atoms with Gasteiger partial charge in [0, 0.05) is 12.1 Å². The summed E-state index contributed by atoms with van der Waals surface area (Å²) in [7, 11) is 4.12. The molecule has 0 aromatic rings. The largest absolute Gasteiger partial charge is 0.395 e.